The van der Waals surface area contributed by atoms with E-state index < -0.39 is 5.60 Å². The molecule has 1 radical (unpaired) electrons. The number of aliphatic hydroxyl groups is 1. The van der Waals surface area contributed by atoms with Gasteiger partial charge in [-0.15, -0.1) is 0 Å². The van der Waals surface area contributed by atoms with Gasteiger partial charge in [-0.25, -0.2) is 5.32 Å². The molecule has 0 aliphatic carbocycles. The lowest BCUT2D eigenvalue weighted by molar-refractivity contribution is 0.00513. The van der Waals surface area contributed by atoms with Crippen LogP contribution in [0.15, 0.2) is 28.7 Å². The zero-order valence-electron chi connectivity index (χ0n) is 7.91. The molecule has 1 aromatic rings. The first-order valence-corrected chi connectivity index (χ1v) is 5.62. The van der Waals surface area contributed by atoms with Crippen molar-refractivity contribution in [2.75, 3.05) is 13.1 Å². The summed E-state index contributed by atoms with van der Waals surface area (Å²) in [6, 6.07) is 7.91. The molecule has 75 valence electrons. The SMILES string of the molecule is OC1(c2ccc(Br)cc2)CC[N]CC1. The zero-order valence-corrected chi connectivity index (χ0v) is 9.50. The van der Waals surface area contributed by atoms with Crippen molar-refractivity contribution in [1.29, 1.82) is 0 Å². The number of halogens is 1. The maximum absolute atomic E-state index is 10.4. The highest BCUT2D eigenvalue weighted by molar-refractivity contribution is 9.10. The van der Waals surface area contributed by atoms with Crippen LogP contribution in [-0.4, -0.2) is 18.2 Å². The Morgan fingerprint density at radius 2 is 1.71 bits per heavy atom. The van der Waals surface area contributed by atoms with Gasteiger partial charge < -0.3 is 5.11 Å². The van der Waals surface area contributed by atoms with Gasteiger partial charge in [0.15, 0.2) is 0 Å². The van der Waals surface area contributed by atoms with Crippen LogP contribution in [0.4, 0.5) is 0 Å². The van der Waals surface area contributed by atoms with E-state index in [1.165, 1.54) is 0 Å². The van der Waals surface area contributed by atoms with E-state index in [0.717, 1.165) is 36.0 Å². The Morgan fingerprint density at radius 1 is 1.14 bits per heavy atom. The minimum absolute atomic E-state index is 0.650. The highest BCUT2D eigenvalue weighted by atomic mass is 79.9. The van der Waals surface area contributed by atoms with Crippen LogP contribution in [0.25, 0.3) is 0 Å². The van der Waals surface area contributed by atoms with E-state index in [1.807, 2.05) is 24.3 Å². The Labute approximate surface area is 92.5 Å². The summed E-state index contributed by atoms with van der Waals surface area (Å²) in [7, 11) is 0. The summed E-state index contributed by atoms with van der Waals surface area (Å²) in [5, 5.41) is 14.6. The lowest BCUT2D eigenvalue weighted by Gasteiger charge is -2.32. The van der Waals surface area contributed by atoms with Crippen LogP contribution in [0, 0.1) is 0 Å². The molecule has 0 unspecified atom stereocenters. The largest absolute Gasteiger partial charge is 0.385 e. The number of hydrogen-bond donors (Lipinski definition) is 1. The molecule has 0 saturated carbocycles. The molecule has 14 heavy (non-hydrogen) atoms. The molecule has 0 spiro atoms. The minimum atomic E-state index is -0.650. The van der Waals surface area contributed by atoms with Crippen LogP contribution in [0.1, 0.15) is 18.4 Å². The maximum atomic E-state index is 10.4. The van der Waals surface area contributed by atoms with E-state index in [-0.39, 0.29) is 0 Å². The van der Waals surface area contributed by atoms with Crippen molar-refractivity contribution < 1.29 is 5.11 Å². The smallest absolute Gasteiger partial charge is 0.0922 e. The van der Waals surface area contributed by atoms with Crippen molar-refractivity contribution in [2.24, 2.45) is 0 Å². The summed E-state index contributed by atoms with van der Waals surface area (Å²) in [6.45, 7) is 1.54. The third-order valence-corrected chi connectivity index (χ3v) is 3.28. The topological polar surface area (TPSA) is 34.3 Å². The van der Waals surface area contributed by atoms with Crippen molar-refractivity contribution in [3.05, 3.63) is 34.3 Å². The summed E-state index contributed by atoms with van der Waals surface area (Å²) in [6.07, 6.45) is 1.49. The highest BCUT2D eigenvalue weighted by Crippen LogP contribution is 2.31. The Hall–Kier alpha value is -0.380. The van der Waals surface area contributed by atoms with Crippen molar-refractivity contribution in [1.82, 2.24) is 5.32 Å². The summed E-state index contributed by atoms with van der Waals surface area (Å²) < 4.78 is 1.05. The highest BCUT2D eigenvalue weighted by Gasteiger charge is 2.31. The zero-order chi connectivity index (χ0) is 10.0. The average Bonchev–Trinajstić information content (AvgIpc) is 2.19. The molecule has 0 aromatic heterocycles. The maximum Gasteiger partial charge on any atom is 0.0922 e. The third-order valence-electron chi connectivity index (χ3n) is 2.75. The van der Waals surface area contributed by atoms with E-state index in [4.69, 9.17) is 0 Å². The molecule has 1 fully saturated rings. The van der Waals surface area contributed by atoms with Gasteiger partial charge in [-0.2, -0.15) is 0 Å². The van der Waals surface area contributed by atoms with Gasteiger partial charge in [0.1, 0.15) is 0 Å². The third kappa shape index (κ3) is 2.00. The lowest BCUT2D eigenvalue weighted by Crippen LogP contribution is -2.36. The number of benzene rings is 1. The quantitative estimate of drug-likeness (QED) is 0.818. The van der Waals surface area contributed by atoms with Crippen LogP contribution >= 0.6 is 15.9 Å². The first-order chi connectivity index (χ1) is 6.71. The van der Waals surface area contributed by atoms with Crippen molar-refractivity contribution >= 4 is 15.9 Å². The second-order valence-electron chi connectivity index (χ2n) is 3.71. The van der Waals surface area contributed by atoms with Crippen molar-refractivity contribution in [3.63, 3.8) is 0 Å². The molecule has 1 aliphatic heterocycles. The molecule has 1 saturated heterocycles. The van der Waals surface area contributed by atoms with Gasteiger partial charge in [0, 0.05) is 17.6 Å². The second-order valence-corrected chi connectivity index (χ2v) is 4.62. The molecular weight excluding hydrogens is 242 g/mol. The Bertz CT molecular complexity index is 304. The molecule has 1 heterocycles. The lowest BCUT2D eigenvalue weighted by atomic mass is 9.85. The van der Waals surface area contributed by atoms with E-state index in [1.54, 1.807) is 0 Å². The summed E-state index contributed by atoms with van der Waals surface area (Å²) in [4.78, 5) is 0. The van der Waals surface area contributed by atoms with Crippen molar-refractivity contribution in [3.8, 4) is 0 Å². The number of hydrogen-bond acceptors (Lipinski definition) is 1. The molecule has 2 nitrogen and oxygen atoms in total. The number of piperidine rings is 1. The van der Waals surface area contributed by atoms with E-state index in [9.17, 15) is 5.11 Å². The molecule has 0 atom stereocenters. The first kappa shape index (κ1) is 10.1. The van der Waals surface area contributed by atoms with Crippen LogP contribution in [0.2, 0.25) is 0 Å². The molecule has 1 N–H and O–H groups in total. The minimum Gasteiger partial charge on any atom is -0.385 e. The van der Waals surface area contributed by atoms with Crippen LogP contribution in [0.5, 0.6) is 0 Å². The summed E-state index contributed by atoms with van der Waals surface area (Å²) in [5.74, 6) is 0. The van der Waals surface area contributed by atoms with Gasteiger partial charge in [0.05, 0.1) is 5.60 Å². The normalized spacial score (nSPS) is 20.7. The number of rotatable bonds is 1. The molecule has 0 amide bonds. The Morgan fingerprint density at radius 3 is 2.29 bits per heavy atom. The molecule has 1 aromatic carbocycles. The van der Waals surface area contributed by atoms with E-state index in [0.29, 0.717) is 0 Å². The fourth-order valence-electron chi connectivity index (χ4n) is 1.81. The first-order valence-electron chi connectivity index (χ1n) is 4.82. The van der Waals surface area contributed by atoms with E-state index in [2.05, 4.69) is 21.2 Å². The Kier molecular flexibility index (Phi) is 2.91. The Balaban J connectivity index is 2.23. The van der Waals surface area contributed by atoms with Crippen LogP contribution < -0.4 is 5.32 Å². The monoisotopic (exact) mass is 254 g/mol. The standard InChI is InChI=1S/C11H13BrNO/c12-10-3-1-9(2-4-10)11(14)5-7-13-8-6-11/h1-4,14H,5-8H2. The van der Waals surface area contributed by atoms with E-state index >= 15 is 0 Å². The van der Waals surface area contributed by atoms with Crippen molar-refractivity contribution in [2.45, 2.75) is 18.4 Å². The number of nitrogens with zero attached hydrogens (tertiary/aromatic N) is 1. The average molecular weight is 255 g/mol. The fraction of sp³-hybridized carbons (Fsp3) is 0.455. The van der Waals surface area contributed by atoms with Gasteiger partial charge in [0.2, 0.25) is 0 Å². The molecule has 3 heteroatoms. The summed E-state index contributed by atoms with van der Waals surface area (Å²) >= 11 is 3.39. The molecule has 0 bridgehead atoms. The molecule has 2 rings (SSSR count). The van der Waals surface area contributed by atoms with Gasteiger partial charge in [-0.1, -0.05) is 28.1 Å². The fourth-order valence-corrected chi connectivity index (χ4v) is 2.08. The predicted octanol–water partition coefficient (Wildman–Crippen LogP) is 2.03. The van der Waals surface area contributed by atoms with Gasteiger partial charge in [-0.05, 0) is 30.5 Å². The van der Waals surface area contributed by atoms with Gasteiger partial charge >= 0.3 is 0 Å². The molecular formula is C11H13BrNO. The molecule has 1 aliphatic rings. The summed E-state index contributed by atoms with van der Waals surface area (Å²) in [5.41, 5.74) is 0.359. The predicted molar refractivity (Wildman–Crippen MR) is 59.1 cm³/mol. The van der Waals surface area contributed by atoms with Crippen LogP contribution in [-0.2, 0) is 5.60 Å². The van der Waals surface area contributed by atoms with Gasteiger partial charge in [-0.3, -0.25) is 0 Å². The second kappa shape index (κ2) is 4.01. The van der Waals surface area contributed by atoms with Crippen LogP contribution in [0.3, 0.4) is 0 Å². The van der Waals surface area contributed by atoms with Gasteiger partial charge in [0.25, 0.3) is 0 Å².